The van der Waals surface area contributed by atoms with Gasteiger partial charge in [0.1, 0.15) is 0 Å². The lowest BCUT2D eigenvalue weighted by molar-refractivity contribution is -0.0588. The number of hydrogen-bond acceptors (Lipinski definition) is 5. The van der Waals surface area contributed by atoms with Crippen molar-refractivity contribution >= 4 is 10.0 Å². The second-order valence-corrected chi connectivity index (χ2v) is 7.04. The zero-order chi connectivity index (χ0) is 15.3. The van der Waals surface area contributed by atoms with Crippen LogP contribution < -0.4 is 4.72 Å². The summed E-state index contributed by atoms with van der Waals surface area (Å²) >= 11 is 0. The average Bonchev–Trinajstić information content (AvgIpc) is 2.46. The molecule has 0 bridgehead atoms. The van der Waals surface area contributed by atoms with E-state index in [2.05, 4.69) is 4.72 Å². The highest BCUT2D eigenvalue weighted by molar-refractivity contribution is 7.88. The van der Waals surface area contributed by atoms with Crippen molar-refractivity contribution in [2.75, 3.05) is 19.8 Å². The summed E-state index contributed by atoms with van der Waals surface area (Å²) in [7, 11) is -3.56. The van der Waals surface area contributed by atoms with Crippen molar-refractivity contribution in [3.63, 3.8) is 0 Å². The Morgan fingerprint density at radius 2 is 2.10 bits per heavy atom. The van der Waals surface area contributed by atoms with Crippen molar-refractivity contribution in [1.29, 1.82) is 5.26 Å². The number of nitrogens with one attached hydrogen (secondary N) is 1. The summed E-state index contributed by atoms with van der Waals surface area (Å²) in [5.74, 6) is -0.213. The molecule has 1 heterocycles. The third-order valence-electron chi connectivity index (χ3n) is 3.46. The Kier molecular flexibility index (Phi) is 4.96. The fourth-order valence-electron chi connectivity index (χ4n) is 2.17. The number of nitriles is 1. The number of rotatable bonds is 5. The number of ether oxygens (including phenoxy) is 1. The lowest BCUT2D eigenvalue weighted by atomic mass is 9.95. The first-order valence-electron chi connectivity index (χ1n) is 6.69. The van der Waals surface area contributed by atoms with E-state index in [0.29, 0.717) is 37.2 Å². The lowest BCUT2D eigenvalue weighted by Gasteiger charge is -2.31. The van der Waals surface area contributed by atoms with Crippen molar-refractivity contribution in [3.8, 4) is 6.07 Å². The Bertz CT molecular complexity index is 631. The number of nitrogens with zero attached hydrogens (tertiary/aromatic N) is 1. The SMILES string of the molecule is N#Cc1cccc(CS(=O)(=O)NCC2(O)CCOCC2)c1. The van der Waals surface area contributed by atoms with E-state index in [9.17, 15) is 13.5 Å². The molecule has 0 atom stereocenters. The summed E-state index contributed by atoms with van der Waals surface area (Å²) in [6.07, 6.45) is 0.832. The van der Waals surface area contributed by atoms with Gasteiger partial charge < -0.3 is 9.84 Å². The Hall–Kier alpha value is -1.46. The first-order valence-corrected chi connectivity index (χ1v) is 8.34. The summed E-state index contributed by atoms with van der Waals surface area (Å²) < 4.78 is 31.7. The summed E-state index contributed by atoms with van der Waals surface area (Å²) in [6.45, 7) is 0.849. The van der Waals surface area contributed by atoms with Crippen LogP contribution in [0.1, 0.15) is 24.0 Å². The molecule has 1 aromatic rings. The van der Waals surface area contributed by atoms with E-state index >= 15 is 0 Å². The number of hydrogen-bond donors (Lipinski definition) is 2. The molecule has 21 heavy (non-hydrogen) atoms. The van der Waals surface area contributed by atoms with Gasteiger partial charge in [-0.3, -0.25) is 0 Å². The van der Waals surface area contributed by atoms with Crippen LogP contribution in [0.3, 0.4) is 0 Å². The van der Waals surface area contributed by atoms with E-state index in [1.165, 1.54) is 0 Å². The quantitative estimate of drug-likeness (QED) is 0.826. The van der Waals surface area contributed by atoms with Crippen LogP contribution in [0.2, 0.25) is 0 Å². The van der Waals surface area contributed by atoms with Gasteiger partial charge in [0.25, 0.3) is 0 Å². The maximum Gasteiger partial charge on any atom is 0.215 e. The summed E-state index contributed by atoms with van der Waals surface area (Å²) in [6, 6.07) is 8.44. The standard InChI is InChI=1S/C14H18N2O4S/c15-9-12-2-1-3-13(8-12)10-21(18,19)16-11-14(17)4-6-20-7-5-14/h1-3,8,16-17H,4-7,10-11H2. The molecule has 0 spiro atoms. The molecule has 1 aliphatic heterocycles. The van der Waals surface area contributed by atoms with Crippen LogP contribution >= 0.6 is 0 Å². The summed E-state index contributed by atoms with van der Waals surface area (Å²) in [5.41, 5.74) is -0.0777. The fraction of sp³-hybridized carbons (Fsp3) is 0.500. The summed E-state index contributed by atoms with van der Waals surface area (Å²) in [4.78, 5) is 0. The van der Waals surface area contributed by atoms with E-state index in [1.807, 2.05) is 6.07 Å². The number of benzene rings is 1. The smallest absolute Gasteiger partial charge is 0.215 e. The van der Waals surface area contributed by atoms with Gasteiger partial charge in [0, 0.05) is 32.6 Å². The van der Waals surface area contributed by atoms with Crippen molar-refractivity contribution < 1.29 is 18.3 Å². The molecule has 0 amide bonds. The minimum absolute atomic E-state index is 0.0172. The van der Waals surface area contributed by atoms with Gasteiger partial charge in [0.05, 0.1) is 23.0 Å². The van der Waals surface area contributed by atoms with Gasteiger partial charge >= 0.3 is 0 Å². The van der Waals surface area contributed by atoms with Gasteiger partial charge in [0.2, 0.25) is 10.0 Å². The molecule has 7 heteroatoms. The third-order valence-corrected chi connectivity index (χ3v) is 4.75. The molecular formula is C14H18N2O4S. The Morgan fingerprint density at radius 3 is 2.76 bits per heavy atom. The first kappa shape index (κ1) is 15.9. The van der Waals surface area contributed by atoms with Gasteiger partial charge in [-0.1, -0.05) is 12.1 Å². The zero-order valence-corrected chi connectivity index (χ0v) is 12.4. The van der Waals surface area contributed by atoms with Crippen LogP contribution in [-0.4, -0.2) is 38.9 Å². The second kappa shape index (κ2) is 6.54. The van der Waals surface area contributed by atoms with Crippen molar-refractivity contribution in [2.24, 2.45) is 0 Å². The molecule has 1 aromatic carbocycles. The molecule has 0 radical (unpaired) electrons. The first-order chi connectivity index (χ1) is 9.92. The van der Waals surface area contributed by atoms with Crippen LogP contribution in [0.5, 0.6) is 0 Å². The normalized spacial score (nSPS) is 18.1. The van der Waals surface area contributed by atoms with Crippen molar-refractivity contribution in [2.45, 2.75) is 24.2 Å². The highest BCUT2D eigenvalue weighted by Gasteiger charge is 2.31. The molecule has 1 saturated heterocycles. The van der Waals surface area contributed by atoms with Crippen LogP contribution in [0, 0.1) is 11.3 Å². The Labute approximate surface area is 124 Å². The summed E-state index contributed by atoms with van der Waals surface area (Å²) in [5, 5.41) is 19.0. The van der Waals surface area contributed by atoms with Crippen molar-refractivity contribution in [1.82, 2.24) is 4.72 Å². The van der Waals surface area contributed by atoms with Crippen LogP contribution in [0.25, 0.3) is 0 Å². The zero-order valence-electron chi connectivity index (χ0n) is 11.6. The molecule has 6 nitrogen and oxygen atoms in total. The molecule has 1 fully saturated rings. The number of sulfonamides is 1. The van der Waals surface area contributed by atoms with E-state index in [4.69, 9.17) is 10.00 Å². The predicted molar refractivity (Wildman–Crippen MR) is 76.8 cm³/mol. The maximum atomic E-state index is 12.0. The van der Waals surface area contributed by atoms with Crippen LogP contribution in [-0.2, 0) is 20.5 Å². The van der Waals surface area contributed by atoms with Gasteiger partial charge in [-0.25, -0.2) is 13.1 Å². The van der Waals surface area contributed by atoms with E-state index < -0.39 is 15.6 Å². The van der Waals surface area contributed by atoms with Crippen LogP contribution in [0.4, 0.5) is 0 Å². The lowest BCUT2D eigenvalue weighted by Crippen LogP contribution is -2.46. The second-order valence-electron chi connectivity index (χ2n) is 5.23. The number of aliphatic hydroxyl groups is 1. The van der Waals surface area contributed by atoms with E-state index in [1.54, 1.807) is 24.3 Å². The molecule has 2 rings (SSSR count). The molecule has 0 aliphatic carbocycles. The minimum atomic E-state index is -3.56. The van der Waals surface area contributed by atoms with Gasteiger partial charge in [-0.05, 0) is 17.7 Å². The molecule has 1 aliphatic rings. The van der Waals surface area contributed by atoms with Crippen molar-refractivity contribution in [3.05, 3.63) is 35.4 Å². The molecule has 2 N–H and O–H groups in total. The maximum absolute atomic E-state index is 12.0. The molecule has 0 aromatic heterocycles. The minimum Gasteiger partial charge on any atom is -0.388 e. The largest absolute Gasteiger partial charge is 0.388 e. The Morgan fingerprint density at radius 1 is 1.38 bits per heavy atom. The van der Waals surface area contributed by atoms with Crippen LogP contribution in [0.15, 0.2) is 24.3 Å². The molecule has 114 valence electrons. The topological polar surface area (TPSA) is 99.4 Å². The highest BCUT2D eigenvalue weighted by atomic mass is 32.2. The predicted octanol–water partition coefficient (Wildman–Crippen LogP) is 0.519. The van der Waals surface area contributed by atoms with Gasteiger partial charge in [-0.15, -0.1) is 0 Å². The van der Waals surface area contributed by atoms with Gasteiger partial charge in [0.15, 0.2) is 0 Å². The average molecular weight is 310 g/mol. The molecule has 0 unspecified atom stereocenters. The Balaban J connectivity index is 1.97. The van der Waals surface area contributed by atoms with E-state index in [0.717, 1.165) is 0 Å². The fourth-order valence-corrected chi connectivity index (χ4v) is 3.38. The van der Waals surface area contributed by atoms with Gasteiger partial charge in [-0.2, -0.15) is 5.26 Å². The highest BCUT2D eigenvalue weighted by Crippen LogP contribution is 2.19. The van der Waals surface area contributed by atoms with E-state index in [-0.39, 0.29) is 12.3 Å². The molecule has 0 saturated carbocycles. The molecular weight excluding hydrogens is 292 g/mol. The monoisotopic (exact) mass is 310 g/mol. The third kappa shape index (κ3) is 4.79.